The maximum atomic E-state index is 12.7. The van der Waals surface area contributed by atoms with Crippen molar-refractivity contribution in [2.45, 2.75) is 58.3 Å². The summed E-state index contributed by atoms with van der Waals surface area (Å²) in [6.07, 6.45) is 4.73. The monoisotopic (exact) mass is 564 g/mol. The predicted octanol–water partition coefficient (Wildman–Crippen LogP) is 8.73. The number of rotatable bonds is 7. The van der Waals surface area contributed by atoms with E-state index < -0.39 is 6.16 Å². The lowest BCUT2D eigenvalue weighted by atomic mass is 9.65. The van der Waals surface area contributed by atoms with Crippen molar-refractivity contribution in [3.05, 3.63) is 107 Å². The summed E-state index contributed by atoms with van der Waals surface area (Å²) in [6, 6.07) is 27.2. The lowest BCUT2D eigenvalue weighted by Gasteiger charge is -2.39. The molecule has 6 heteroatoms. The van der Waals surface area contributed by atoms with Gasteiger partial charge in [-0.2, -0.15) is 0 Å². The molecule has 216 valence electrons. The van der Waals surface area contributed by atoms with E-state index in [9.17, 15) is 9.59 Å². The molecule has 0 aliphatic heterocycles. The summed E-state index contributed by atoms with van der Waals surface area (Å²) in [7, 11) is 1.64. The molecule has 0 atom stereocenters. The molecule has 4 aromatic rings. The number of carbonyl (C=O) groups is 2. The molecule has 0 amide bonds. The molecule has 0 radical (unpaired) electrons. The van der Waals surface area contributed by atoms with Crippen LogP contribution in [0.2, 0.25) is 0 Å². The fourth-order valence-electron chi connectivity index (χ4n) is 5.88. The zero-order valence-electron chi connectivity index (χ0n) is 24.6. The summed E-state index contributed by atoms with van der Waals surface area (Å²) in [5.41, 5.74) is 6.06. The van der Waals surface area contributed by atoms with E-state index in [1.807, 2.05) is 62.4 Å². The second-order valence-electron chi connectivity index (χ2n) is 10.9. The average molecular weight is 565 g/mol. The number of carbonyl (C=O) groups excluding carboxylic acids is 2. The maximum absolute atomic E-state index is 12.7. The highest BCUT2D eigenvalue weighted by molar-refractivity contribution is 5.70. The number of esters is 1. The molecule has 4 aromatic carbocycles. The third-order valence-corrected chi connectivity index (χ3v) is 8.09. The minimum Gasteiger partial charge on any atom is -0.497 e. The van der Waals surface area contributed by atoms with Crippen molar-refractivity contribution in [2.75, 3.05) is 7.11 Å². The van der Waals surface area contributed by atoms with Gasteiger partial charge >= 0.3 is 12.1 Å². The number of hydrogen-bond donors (Lipinski definition) is 0. The molecule has 1 fully saturated rings. The standard InChI is InChI=1S/C36H36O6/c1-24-22-29(12-18-33(24)40-26(3)37)36(20-6-5-7-21-36)30-13-19-34(25(2)23-30)42-35(38)41-32-16-10-28(11-17-32)27-8-14-31(39-4)15-9-27/h8-19,22-23H,5-7,20-21H2,1-4H3. The van der Waals surface area contributed by atoms with E-state index in [-0.39, 0.29) is 11.4 Å². The summed E-state index contributed by atoms with van der Waals surface area (Å²) < 4.78 is 21.7. The van der Waals surface area contributed by atoms with E-state index in [0.29, 0.717) is 17.2 Å². The highest BCUT2D eigenvalue weighted by Gasteiger charge is 2.36. The molecule has 42 heavy (non-hydrogen) atoms. The Morgan fingerprint density at radius 3 is 1.60 bits per heavy atom. The van der Waals surface area contributed by atoms with Gasteiger partial charge in [0.15, 0.2) is 0 Å². The van der Waals surface area contributed by atoms with Crippen molar-refractivity contribution in [1.29, 1.82) is 0 Å². The highest BCUT2D eigenvalue weighted by atomic mass is 16.7. The van der Waals surface area contributed by atoms with E-state index in [4.69, 9.17) is 18.9 Å². The maximum Gasteiger partial charge on any atom is 0.519 e. The van der Waals surface area contributed by atoms with Gasteiger partial charge in [0.25, 0.3) is 0 Å². The van der Waals surface area contributed by atoms with Crippen molar-refractivity contribution < 1.29 is 28.5 Å². The van der Waals surface area contributed by atoms with Crippen molar-refractivity contribution in [3.63, 3.8) is 0 Å². The van der Waals surface area contributed by atoms with E-state index in [1.165, 1.54) is 24.5 Å². The molecule has 0 N–H and O–H groups in total. The first kappa shape index (κ1) is 28.9. The molecule has 6 nitrogen and oxygen atoms in total. The summed E-state index contributed by atoms with van der Waals surface area (Å²) in [4.78, 5) is 24.2. The lowest BCUT2D eigenvalue weighted by Crippen LogP contribution is -2.30. The van der Waals surface area contributed by atoms with Gasteiger partial charge in [-0.1, -0.05) is 67.8 Å². The van der Waals surface area contributed by atoms with Gasteiger partial charge in [-0.25, -0.2) is 4.79 Å². The van der Waals surface area contributed by atoms with Crippen molar-refractivity contribution in [3.8, 4) is 34.1 Å². The van der Waals surface area contributed by atoms with Gasteiger partial charge in [0.05, 0.1) is 7.11 Å². The summed E-state index contributed by atoms with van der Waals surface area (Å²) in [6.45, 7) is 5.33. The van der Waals surface area contributed by atoms with E-state index in [2.05, 4.69) is 24.3 Å². The van der Waals surface area contributed by atoms with Gasteiger partial charge in [0, 0.05) is 12.3 Å². The van der Waals surface area contributed by atoms with Crippen LogP contribution in [0.5, 0.6) is 23.0 Å². The van der Waals surface area contributed by atoms with Gasteiger partial charge < -0.3 is 18.9 Å². The zero-order chi connectivity index (χ0) is 29.7. The van der Waals surface area contributed by atoms with Crippen LogP contribution in [0.4, 0.5) is 4.79 Å². The highest BCUT2D eigenvalue weighted by Crippen LogP contribution is 2.46. The normalized spacial score (nSPS) is 14.1. The Labute approximate surface area is 247 Å². The van der Waals surface area contributed by atoms with Crippen LogP contribution >= 0.6 is 0 Å². The minimum atomic E-state index is -0.785. The van der Waals surface area contributed by atoms with Crippen LogP contribution in [0.3, 0.4) is 0 Å². The van der Waals surface area contributed by atoms with Crippen LogP contribution in [0.15, 0.2) is 84.9 Å². The first-order valence-corrected chi connectivity index (χ1v) is 14.3. The molecular formula is C36H36O6. The van der Waals surface area contributed by atoms with Crippen LogP contribution in [-0.4, -0.2) is 19.2 Å². The molecule has 0 saturated heterocycles. The summed E-state index contributed by atoms with van der Waals surface area (Å²) >= 11 is 0. The number of aryl methyl sites for hydroxylation is 2. The molecule has 1 aliphatic rings. The Bertz CT molecular complexity index is 1560. The molecule has 0 spiro atoms. The van der Waals surface area contributed by atoms with Crippen LogP contribution in [0, 0.1) is 13.8 Å². The second-order valence-corrected chi connectivity index (χ2v) is 10.9. The quantitative estimate of drug-likeness (QED) is 0.127. The minimum absolute atomic E-state index is 0.160. The fourth-order valence-corrected chi connectivity index (χ4v) is 5.88. The first-order valence-electron chi connectivity index (χ1n) is 14.3. The SMILES string of the molecule is COc1ccc(-c2ccc(OC(=O)Oc3ccc(C4(c5ccc(OC(C)=O)c(C)c5)CCCCC4)cc3C)cc2)cc1. The average Bonchev–Trinajstić information content (AvgIpc) is 3.00. The molecular weight excluding hydrogens is 528 g/mol. The smallest absolute Gasteiger partial charge is 0.497 e. The number of hydrogen-bond acceptors (Lipinski definition) is 6. The molecule has 0 unspecified atom stereocenters. The van der Waals surface area contributed by atoms with Crippen LogP contribution in [-0.2, 0) is 10.2 Å². The van der Waals surface area contributed by atoms with Gasteiger partial charge in [0.2, 0.25) is 0 Å². The Morgan fingerprint density at radius 1 is 0.619 bits per heavy atom. The predicted molar refractivity (Wildman–Crippen MR) is 163 cm³/mol. The number of ether oxygens (including phenoxy) is 4. The van der Waals surface area contributed by atoms with Crippen molar-refractivity contribution >= 4 is 12.1 Å². The van der Waals surface area contributed by atoms with Crippen LogP contribution < -0.4 is 18.9 Å². The lowest BCUT2D eigenvalue weighted by molar-refractivity contribution is -0.131. The topological polar surface area (TPSA) is 71.1 Å². The molecule has 0 bridgehead atoms. The second kappa shape index (κ2) is 12.5. The van der Waals surface area contributed by atoms with Gasteiger partial charge in [-0.05, 0) is 96.5 Å². The Morgan fingerprint density at radius 2 is 1.12 bits per heavy atom. The van der Waals surface area contributed by atoms with Crippen molar-refractivity contribution in [1.82, 2.24) is 0 Å². The Hall–Kier alpha value is -4.58. The largest absolute Gasteiger partial charge is 0.519 e. The molecule has 0 aromatic heterocycles. The van der Waals surface area contributed by atoms with E-state index in [1.54, 1.807) is 19.2 Å². The zero-order valence-corrected chi connectivity index (χ0v) is 24.6. The Balaban J connectivity index is 1.30. The van der Waals surface area contributed by atoms with E-state index in [0.717, 1.165) is 53.7 Å². The molecule has 1 aliphatic carbocycles. The number of methoxy groups -OCH3 is 1. The van der Waals surface area contributed by atoms with Crippen LogP contribution in [0.1, 0.15) is 61.3 Å². The van der Waals surface area contributed by atoms with E-state index >= 15 is 0 Å². The Kier molecular flexibility index (Phi) is 8.62. The third-order valence-electron chi connectivity index (χ3n) is 8.09. The third kappa shape index (κ3) is 6.33. The first-order chi connectivity index (χ1) is 20.3. The van der Waals surface area contributed by atoms with Gasteiger partial charge in [0.1, 0.15) is 23.0 Å². The van der Waals surface area contributed by atoms with Gasteiger partial charge in [-0.15, -0.1) is 0 Å². The number of benzene rings is 4. The molecule has 1 saturated carbocycles. The summed E-state index contributed by atoms with van der Waals surface area (Å²) in [5.74, 6) is 1.93. The summed E-state index contributed by atoms with van der Waals surface area (Å²) in [5, 5.41) is 0. The van der Waals surface area contributed by atoms with Gasteiger partial charge in [-0.3, -0.25) is 4.79 Å². The van der Waals surface area contributed by atoms with Crippen molar-refractivity contribution in [2.24, 2.45) is 0 Å². The molecule has 5 rings (SSSR count). The van der Waals surface area contributed by atoms with Crippen LogP contribution in [0.25, 0.3) is 11.1 Å². The fraction of sp³-hybridized carbons (Fsp3) is 0.278. The molecule has 0 heterocycles.